The van der Waals surface area contributed by atoms with Crippen LogP contribution in [0.1, 0.15) is 46.9 Å². The van der Waals surface area contributed by atoms with Crippen molar-refractivity contribution in [2.75, 3.05) is 62.8 Å². The molecule has 0 unspecified atom stereocenters. The highest BCUT2D eigenvalue weighted by molar-refractivity contribution is 5.95. The number of likely N-dealkylation sites (tertiary alicyclic amines) is 1. The smallest absolute Gasteiger partial charge is 0.341 e. The number of benzene rings is 2. The number of hydrogen-bond donors (Lipinski definition) is 5. The van der Waals surface area contributed by atoms with Crippen LogP contribution >= 0.6 is 0 Å². The van der Waals surface area contributed by atoms with Crippen LogP contribution in [0.25, 0.3) is 90.1 Å². The quantitative estimate of drug-likeness (QED) is 0.0500. The number of aromatic nitrogens is 16. The number of hydrogen-bond acceptors (Lipinski definition) is 21. The van der Waals surface area contributed by atoms with Crippen molar-refractivity contribution in [2.45, 2.75) is 26.2 Å². The van der Waals surface area contributed by atoms with Crippen molar-refractivity contribution in [2.24, 2.45) is 0 Å². The largest absolute Gasteiger partial charge is 0.497 e. The third-order valence-corrected chi connectivity index (χ3v) is 15.1. The van der Waals surface area contributed by atoms with Crippen LogP contribution in [0.5, 0.6) is 5.75 Å². The minimum Gasteiger partial charge on any atom is -0.497 e. The fraction of sp³-hybridized carbons (Fsp3) is 0.147. The average molecular weight is 1250 g/mol. The number of ether oxygens (including phenoxy) is 2. The molecule has 1 fully saturated rings. The highest BCUT2D eigenvalue weighted by Crippen LogP contribution is 2.33. The number of amides is 1. The van der Waals surface area contributed by atoms with E-state index in [1.807, 2.05) is 152 Å². The first-order valence-corrected chi connectivity index (χ1v) is 30.1. The van der Waals surface area contributed by atoms with E-state index in [0.29, 0.717) is 92.7 Å². The molecule has 0 radical (unpaired) electrons. The number of carbonyl (C=O) groups is 2. The Morgan fingerprint density at radius 1 is 0.479 bits per heavy atom. The molecule has 12 aromatic heterocycles. The molecule has 14 aromatic rings. The second-order valence-electron chi connectivity index (χ2n) is 21.3. The normalized spacial score (nSPS) is 11.9. The highest BCUT2D eigenvalue weighted by atomic mass is 16.5. The maximum absolute atomic E-state index is 12.4. The second kappa shape index (κ2) is 28.5. The predicted molar refractivity (Wildman–Crippen MR) is 359 cm³/mol. The summed E-state index contributed by atoms with van der Waals surface area (Å²) < 4.78 is 16.5. The first-order chi connectivity index (χ1) is 46.0. The average Bonchev–Trinajstić information content (AvgIpc) is 1.66. The molecule has 1 aliphatic heterocycles. The molecule has 94 heavy (non-hydrogen) atoms. The summed E-state index contributed by atoms with van der Waals surface area (Å²) in [6.07, 6.45) is 20.3. The van der Waals surface area contributed by atoms with E-state index in [0.717, 1.165) is 63.7 Å². The van der Waals surface area contributed by atoms with Crippen molar-refractivity contribution in [3.63, 3.8) is 0 Å². The molecule has 26 nitrogen and oxygen atoms in total. The van der Waals surface area contributed by atoms with Gasteiger partial charge in [0.1, 0.15) is 5.75 Å². The molecule has 1 aliphatic rings. The lowest BCUT2D eigenvalue weighted by atomic mass is 10.1. The summed E-state index contributed by atoms with van der Waals surface area (Å²) in [7, 11) is 1.65. The maximum atomic E-state index is 12.4. The van der Waals surface area contributed by atoms with E-state index in [-0.39, 0.29) is 5.91 Å². The summed E-state index contributed by atoms with van der Waals surface area (Å²) in [4.78, 5) is 62.0. The minimum absolute atomic E-state index is 0.153. The lowest BCUT2D eigenvalue weighted by Crippen LogP contribution is -2.28. The van der Waals surface area contributed by atoms with E-state index in [1.54, 1.807) is 71.0 Å². The number of nitrogens with one attached hydrogen (secondary N) is 1. The zero-order valence-corrected chi connectivity index (χ0v) is 51.3. The van der Waals surface area contributed by atoms with Crippen LogP contribution in [-0.2, 0) is 4.74 Å². The van der Waals surface area contributed by atoms with Crippen LogP contribution in [0.4, 0.5) is 23.3 Å². The van der Waals surface area contributed by atoms with Gasteiger partial charge in [-0.2, -0.15) is 0 Å². The van der Waals surface area contributed by atoms with Crippen LogP contribution in [0.2, 0.25) is 0 Å². The minimum atomic E-state index is -0.444. The van der Waals surface area contributed by atoms with Crippen LogP contribution in [0, 0.1) is 0 Å². The SMILES string of the molecule is CCOC(=O)c1cnc2c(-c3ccccn3)c(N)nn2c1.COc1ccc(-c2ccn3nc(N)c(-c4ccccn4)c3n2)cc1.Nc1nn2cc(C(=O)NCCCN3CCCC3)cnc2c1-c1ccccn1.Nc1nn2ccc(-c3ccccc3)nc2c1-c1ccccn1. The fourth-order valence-corrected chi connectivity index (χ4v) is 10.6. The van der Waals surface area contributed by atoms with Gasteiger partial charge in [0.05, 0.1) is 81.3 Å². The molecule has 0 spiro atoms. The molecule has 1 saturated heterocycles. The number of nitrogens with two attached hydrogens (primary N) is 4. The Labute approximate surface area is 538 Å². The van der Waals surface area contributed by atoms with Gasteiger partial charge in [-0.1, -0.05) is 54.6 Å². The third-order valence-electron chi connectivity index (χ3n) is 15.1. The third kappa shape index (κ3) is 13.8. The summed E-state index contributed by atoms with van der Waals surface area (Å²) in [6.45, 7) is 6.07. The Balaban J connectivity index is 0.000000121. The first-order valence-electron chi connectivity index (χ1n) is 30.1. The number of methoxy groups -OCH3 is 1. The summed E-state index contributed by atoms with van der Waals surface area (Å²) in [5.74, 6) is 1.69. The van der Waals surface area contributed by atoms with Crippen molar-refractivity contribution >= 4 is 57.7 Å². The van der Waals surface area contributed by atoms with Crippen molar-refractivity contribution in [3.8, 4) is 73.3 Å². The van der Waals surface area contributed by atoms with Gasteiger partial charge < -0.3 is 42.6 Å². The van der Waals surface area contributed by atoms with E-state index in [2.05, 4.69) is 60.5 Å². The molecule has 0 aliphatic carbocycles. The van der Waals surface area contributed by atoms with Crippen molar-refractivity contribution in [3.05, 3.63) is 213 Å². The van der Waals surface area contributed by atoms with Crippen molar-refractivity contribution in [1.82, 2.24) is 88.5 Å². The lowest BCUT2D eigenvalue weighted by molar-refractivity contribution is 0.0525. The lowest BCUT2D eigenvalue weighted by Gasteiger charge is -2.14. The summed E-state index contributed by atoms with van der Waals surface area (Å²) in [5, 5.41) is 20.1. The van der Waals surface area contributed by atoms with E-state index in [1.165, 1.54) is 36.6 Å². The van der Waals surface area contributed by atoms with Gasteiger partial charge in [0.15, 0.2) is 45.9 Å². The maximum Gasteiger partial charge on any atom is 0.341 e. The van der Waals surface area contributed by atoms with Gasteiger partial charge in [0.25, 0.3) is 5.91 Å². The Morgan fingerprint density at radius 2 is 0.904 bits per heavy atom. The molecule has 2 aromatic carbocycles. The molecule has 470 valence electrons. The molecule has 0 bridgehead atoms. The van der Waals surface area contributed by atoms with E-state index in [9.17, 15) is 9.59 Å². The van der Waals surface area contributed by atoms with E-state index in [4.69, 9.17) is 42.4 Å². The molecule has 26 heteroatoms. The fourth-order valence-electron chi connectivity index (χ4n) is 10.6. The number of carbonyl (C=O) groups excluding carboxylic acids is 2. The van der Waals surface area contributed by atoms with Crippen molar-refractivity contribution < 1.29 is 19.1 Å². The number of nitrogens with zero attached hydrogens (tertiary/aromatic N) is 17. The number of rotatable bonds is 14. The second-order valence-corrected chi connectivity index (χ2v) is 21.3. The molecule has 13 heterocycles. The molecule has 0 saturated carbocycles. The van der Waals surface area contributed by atoms with Crippen LogP contribution in [-0.4, -0.2) is 135 Å². The molecule has 15 rings (SSSR count). The number of esters is 1. The Hall–Kier alpha value is -12.6. The van der Waals surface area contributed by atoms with Crippen molar-refractivity contribution in [1.29, 1.82) is 0 Å². The van der Waals surface area contributed by atoms with Gasteiger partial charge in [0, 0.05) is 79.6 Å². The summed E-state index contributed by atoms with van der Waals surface area (Å²) >= 11 is 0. The van der Waals surface area contributed by atoms with Gasteiger partial charge in [0.2, 0.25) is 0 Å². The first kappa shape index (κ1) is 61.6. The molecular formula is C68H64N22O4. The zero-order chi connectivity index (χ0) is 64.9. The standard InChI is InChI=1S/C19H23N7O.C18H15N5O.C17H13N5.C14H13N5O2/c20-17-16(15-6-1-2-7-21-15)18-23-12-14(13-26(18)24-17)19(27)22-8-5-11-25-9-3-4-10-25;1-24-13-7-5-12(6-8-13)14-9-11-23-18(21-14)16(17(19)22-23)15-4-2-3-10-20-15;18-16-15(14-8-4-5-10-19-14)17-20-13(9-11-22(17)21-16)12-6-2-1-3-7-12;1-2-21-14(20)9-7-17-13-11(10-5-3-4-6-16-10)12(15)18-19(13)8-9/h1-2,6-7,12-13H,3-5,8-11H2,(H2,20,24)(H,22,27);2-11H,1H3,(H2,19,22);1-11H,(H2,18,21);3-8H,2H2,1H3,(H2,15,18). The topological polar surface area (TPSA) is 344 Å². The van der Waals surface area contributed by atoms with Crippen LogP contribution < -0.4 is 33.0 Å². The Morgan fingerprint density at radius 3 is 1.35 bits per heavy atom. The molecule has 0 atom stereocenters. The molecule has 1 amide bonds. The highest BCUT2D eigenvalue weighted by Gasteiger charge is 2.21. The summed E-state index contributed by atoms with van der Waals surface area (Å²) in [6, 6.07) is 44.1. The monoisotopic (exact) mass is 1250 g/mol. The number of fused-ring (bicyclic) bond motifs is 4. The van der Waals surface area contributed by atoms with E-state index >= 15 is 0 Å². The predicted octanol–water partition coefficient (Wildman–Crippen LogP) is 9.23. The van der Waals surface area contributed by atoms with Gasteiger partial charge in [-0.15, -0.1) is 20.4 Å². The van der Waals surface area contributed by atoms with Gasteiger partial charge in [-0.25, -0.2) is 42.8 Å². The van der Waals surface area contributed by atoms with E-state index < -0.39 is 5.97 Å². The number of anilines is 4. The number of nitrogen functional groups attached to an aromatic ring is 4. The zero-order valence-electron chi connectivity index (χ0n) is 51.3. The summed E-state index contributed by atoms with van der Waals surface area (Å²) in [5.41, 5.74) is 36.9. The Kier molecular flexibility index (Phi) is 18.7. The molecular weight excluding hydrogens is 1190 g/mol. The van der Waals surface area contributed by atoms with Gasteiger partial charge >= 0.3 is 5.97 Å². The molecule has 9 N–H and O–H groups in total. The van der Waals surface area contributed by atoms with Crippen LogP contribution in [0.15, 0.2) is 201 Å². The number of pyridine rings is 4. The Bertz CT molecular complexity index is 4890. The van der Waals surface area contributed by atoms with Gasteiger partial charge in [-0.05, 0) is 131 Å². The van der Waals surface area contributed by atoms with Crippen LogP contribution in [0.3, 0.4) is 0 Å². The van der Waals surface area contributed by atoms with Gasteiger partial charge in [-0.3, -0.25) is 24.7 Å².